The van der Waals surface area contributed by atoms with E-state index in [1.54, 1.807) is 19.1 Å². The Kier molecular flexibility index (Phi) is 15.5. The number of nitrogens with zero attached hydrogens (tertiary/aromatic N) is 3. The molecule has 2 aromatic rings. The zero-order valence-electron chi connectivity index (χ0n) is 25.2. The molecule has 0 atom stereocenters. The summed E-state index contributed by atoms with van der Waals surface area (Å²) in [5.41, 5.74) is 13.9. The van der Waals surface area contributed by atoms with E-state index >= 15 is 0 Å². The zero-order chi connectivity index (χ0) is 30.7. The van der Waals surface area contributed by atoms with Crippen LogP contribution in [0.3, 0.4) is 0 Å². The smallest absolute Gasteiger partial charge is 0.251 e. The first-order valence-electron chi connectivity index (χ1n) is 14.8. The average molecular weight is 597 g/mol. The van der Waals surface area contributed by atoms with Gasteiger partial charge in [0.2, 0.25) is 0 Å². The van der Waals surface area contributed by atoms with Crippen LogP contribution in [0.4, 0.5) is 10.1 Å². The van der Waals surface area contributed by atoms with Crippen LogP contribution in [-0.4, -0.2) is 109 Å². The summed E-state index contributed by atoms with van der Waals surface area (Å²) in [5, 5.41) is 2.94. The minimum absolute atomic E-state index is 0.167. The highest BCUT2D eigenvalue weighted by Crippen LogP contribution is 2.23. The van der Waals surface area contributed by atoms with Crippen LogP contribution in [0.15, 0.2) is 47.5 Å². The minimum Gasteiger partial charge on any atom is -0.388 e. The van der Waals surface area contributed by atoms with E-state index < -0.39 is 0 Å². The van der Waals surface area contributed by atoms with E-state index in [2.05, 4.69) is 31.9 Å². The lowest BCUT2D eigenvalue weighted by atomic mass is 10.1. The van der Waals surface area contributed by atoms with Crippen LogP contribution < -0.4 is 21.7 Å². The summed E-state index contributed by atoms with van der Waals surface area (Å²) in [4.78, 5) is 21.7. The third kappa shape index (κ3) is 13.1. The number of hydrogen-bond acceptors (Lipinski definition) is 8. The Morgan fingerprint density at radius 3 is 2.30 bits per heavy atom. The zero-order valence-corrected chi connectivity index (χ0v) is 25.2. The topological polar surface area (TPSA) is 128 Å². The molecule has 1 heterocycles. The van der Waals surface area contributed by atoms with E-state index in [9.17, 15) is 9.18 Å². The normalized spacial score (nSPS) is 13.9. The van der Waals surface area contributed by atoms with E-state index in [0.29, 0.717) is 82.7 Å². The summed E-state index contributed by atoms with van der Waals surface area (Å²) >= 11 is 0. The largest absolute Gasteiger partial charge is 0.388 e. The van der Waals surface area contributed by atoms with Gasteiger partial charge in [-0.3, -0.25) is 14.7 Å². The Labute approximate surface area is 254 Å². The lowest BCUT2D eigenvalue weighted by Crippen LogP contribution is -2.47. The van der Waals surface area contributed by atoms with Crippen LogP contribution in [-0.2, 0) is 14.2 Å². The van der Waals surface area contributed by atoms with Gasteiger partial charge in [0.25, 0.3) is 5.91 Å². The van der Waals surface area contributed by atoms with Crippen LogP contribution in [0.25, 0.3) is 0 Å². The fourth-order valence-corrected chi connectivity index (χ4v) is 4.40. The molecule has 234 valence electrons. The number of carbonyl (C=O) groups is 1. The Morgan fingerprint density at radius 2 is 1.63 bits per heavy atom. The highest BCUT2D eigenvalue weighted by Gasteiger charge is 2.20. The molecule has 0 aliphatic carbocycles. The van der Waals surface area contributed by atoms with Crippen molar-refractivity contribution in [3.05, 3.63) is 65.0 Å². The molecule has 0 aromatic heterocycles. The number of amidine groups is 1. The molecule has 11 heteroatoms. The van der Waals surface area contributed by atoms with Crippen LogP contribution in [0.2, 0.25) is 0 Å². The molecule has 0 radical (unpaired) electrons. The first-order chi connectivity index (χ1) is 21.0. The van der Waals surface area contributed by atoms with E-state index in [1.807, 2.05) is 18.2 Å². The molecule has 1 aliphatic rings. The van der Waals surface area contributed by atoms with Gasteiger partial charge >= 0.3 is 0 Å². The second-order valence-corrected chi connectivity index (χ2v) is 10.1. The Bertz CT molecular complexity index is 1200. The summed E-state index contributed by atoms with van der Waals surface area (Å²) in [6.07, 6.45) is 0.698. The van der Waals surface area contributed by atoms with Gasteiger partial charge in [0.1, 0.15) is 5.82 Å². The summed E-state index contributed by atoms with van der Waals surface area (Å²) < 4.78 is 29.9. The lowest BCUT2D eigenvalue weighted by Gasteiger charge is -2.36. The molecule has 0 bridgehead atoms. The van der Waals surface area contributed by atoms with Gasteiger partial charge in [0, 0.05) is 69.0 Å². The second kappa shape index (κ2) is 19.6. The SMILES string of the molecule is CC(N)=NCCCNC(=O)c1ccc(N2CCN(CCOCCOCCOCCN)CC2)c(C#Cc2ccc(F)cc2)c1. The molecule has 3 rings (SSSR count). The van der Waals surface area contributed by atoms with Crippen molar-refractivity contribution in [2.24, 2.45) is 16.5 Å². The van der Waals surface area contributed by atoms with Crippen molar-refractivity contribution in [1.29, 1.82) is 0 Å². The van der Waals surface area contributed by atoms with Gasteiger partial charge in [-0.25, -0.2) is 4.39 Å². The molecule has 1 fully saturated rings. The number of nitrogens with two attached hydrogens (primary N) is 2. The first-order valence-corrected chi connectivity index (χ1v) is 14.8. The maximum atomic E-state index is 13.4. The number of hydrogen-bond donors (Lipinski definition) is 3. The number of piperazine rings is 1. The summed E-state index contributed by atoms with van der Waals surface area (Å²) in [5.74, 6) is 6.41. The fourth-order valence-electron chi connectivity index (χ4n) is 4.40. The summed E-state index contributed by atoms with van der Waals surface area (Å²) in [7, 11) is 0. The van der Waals surface area contributed by atoms with E-state index in [4.69, 9.17) is 25.7 Å². The Balaban J connectivity index is 1.53. The number of halogens is 1. The molecule has 0 unspecified atom stereocenters. The van der Waals surface area contributed by atoms with Crippen LogP contribution in [0.5, 0.6) is 0 Å². The molecule has 43 heavy (non-hydrogen) atoms. The lowest BCUT2D eigenvalue weighted by molar-refractivity contribution is 0.0116. The first kappa shape index (κ1) is 34.0. The minimum atomic E-state index is -0.307. The monoisotopic (exact) mass is 596 g/mol. The maximum absolute atomic E-state index is 13.4. The van der Waals surface area contributed by atoms with E-state index in [1.165, 1.54) is 12.1 Å². The van der Waals surface area contributed by atoms with Crippen LogP contribution in [0.1, 0.15) is 34.8 Å². The highest BCUT2D eigenvalue weighted by atomic mass is 19.1. The van der Waals surface area contributed by atoms with Crippen molar-refractivity contribution in [2.45, 2.75) is 13.3 Å². The Hall–Kier alpha value is -3.53. The Morgan fingerprint density at radius 1 is 0.953 bits per heavy atom. The molecule has 1 saturated heterocycles. The van der Waals surface area contributed by atoms with Crippen molar-refractivity contribution in [2.75, 3.05) is 96.9 Å². The third-order valence-corrected chi connectivity index (χ3v) is 6.70. The number of anilines is 1. The molecular weight excluding hydrogens is 551 g/mol. The molecule has 5 N–H and O–H groups in total. The molecule has 0 spiro atoms. The number of aliphatic imine (C=N–C) groups is 1. The number of rotatable bonds is 17. The van der Waals surface area contributed by atoms with Crippen molar-refractivity contribution in [3.8, 4) is 11.8 Å². The number of amides is 1. The molecule has 1 amide bonds. The van der Waals surface area contributed by atoms with Crippen molar-refractivity contribution < 1.29 is 23.4 Å². The van der Waals surface area contributed by atoms with Crippen molar-refractivity contribution in [1.82, 2.24) is 10.2 Å². The molecule has 2 aromatic carbocycles. The standard InChI is InChI=1S/C32H45FN6O4/c1-26(35)36-12-2-13-37-32(40)29-7-10-31(28(25-29)6-3-27-4-8-30(33)9-5-27)39-16-14-38(15-17-39)18-20-42-22-24-43-23-21-41-19-11-34/h4-5,7-10,25H,2,11-24,34H2,1H3,(H2,35,36)(H,37,40). The quantitative estimate of drug-likeness (QED) is 0.109. The predicted molar refractivity (Wildman–Crippen MR) is 168 cm³/mol. The second-order valence-electron chi connectivity index (χ2n) is 10.1. The van der Waals surface area contributed by atoms with Crippen molar-refractivity contribution in [3.63, 3.8) is 0 Å². The third-order valence-electron chi connectivity index (χ3n) is 6.70. The van der Waals surface area contributed by atoms with Crippen molar-refractivity contribution >= 4 is 17.4 Å². The number of nitrogens with one attached hydrogen (secondary N) is 1. The number of benzene rings is 2. The average Bonchev–Trinajstić information content (AvgIpc) is 3.01. The number of carbonyl (C=O) groups excluding carboxylic acids is 1. The highest BCUT2D eigenvalue weighted by molar-refractivity contribution is 5.95. The molecule has 1 aliphatic heterocycles. The summed E-state index contributed by atoms with van der Waals surface area (Å²) in [6, 6.07) is 11.7. The van der Waals surface area contributed by atoms with Gasteiger partial charge < -0.3 is 35.9 Å². The van der Waals surface area contributed by atoms with Crippen LogP contribution in [0, 0.1) is 17.7 Å². The van der Waals surface area contributed by atoms with Crippen LogP contribution >= 0.6 is 0 Å². The fraction of sp³-hybridized carbons (Fsp3) is 0.500. The van der Waals surface area contributed by atoms with Gasteiger partial charge in [0.05, 0.1) is 51.2 Å². The van der Waals surface area contributed by atoms with Gasteiger partial charge in [-0.15, -0.1) is 0 Å². The van der Waals surface area contributed by atoms with Gasteiger partial charge in [-0.05, 0) is 55.8 Å². The molecule has 0 saturated carbocycles. The van der Waals surface area contributed by atoms with Gasteiger partial charge in [0.15, 0.2) is 0 Å². The molecular formula is C32H45FN6O4. The van der Waals surface area contributed by atoms with E-state index in [0.717, 1.165) is 44.0 Å². The number of ether oxygens (including phenoxy) is 3. The predicted octanol–water partition coefficient (Wildman–Crippen LogP) is 1.85. The molecule has 10 nitrogen and oxygen atoms in total. The van der Waals surface area contributed by atoms with E-state index in [-0.39, 0.29) is 11.7 Å². The summed E-state index contributed by atoms with van der Waals surface area (Å²) in [6.45, 7) is 10.9. The van der Waals surface area contributed by atoms with Gasteiger partial charge in [-0.1, -0.05) is 11.8 Å². The van der Waals surface area contributed by atoms with Gasteiger partial charge in [-0.2, -0.15) is 0 Å². The maximum Gasteiger partial charge on any atom is 0.251 e.